The number of fused-ring (bicyclic) bond motifs is 1. The molecule has 2 saturated heterocycles. The first kappa shape index (κ1) is 23.6. The highest BCUT2D eigenvalue weighted by Gasteiger charge is 2.68. The molecule has 0 aromatic heterocycles. The molecule has 0 radical (unpaired) electrons. The van der Waals surface area contributed by atoms with Crippen molar-refractivity contribution in [2.24, 2.45) is 11.8 Å². The van der Waals surface area contributed by atoms with Gasteiger partial charge in [-0.1, -0.05) is 60.7 Å². The number of carboxylic acids is 1. The van der Waals surface area contributed by atoms with Gasteiger partial charge in [0.15, 0.2) is 0 Å². The lowest BCUT2D eigenvalue weighted by Crippen LogP contribution is -2.57. The fourth-order valence-corrected chi connectivity index (χ4v) is 5.55. The number of nitrogens with zero attached hydrogens (tertiary/aromatic N) is 1. The number of hydrogen-bond donors (Lipinski definition) is 3. The number of carboxylic acid groups (broad SMARTS) is 1. The third-order valence-electron chi connectivity index (χ3n) is 7.20. The van der Waals surface area contributed by atoms with Crippen LogP contribution in [0.5, 0.6) is 11.5 Å². The monoisotopic (exact) mass is 486 g/mol. The van der Waals surface area contributed by atoms with Crippen LogP contribution in [0.15, 0.2) is 78.9 Å². The van der Waals surface area contributed by atoms with Gasteiger partial charge < -0.3 is 14.9 Å². The number of imide groups is 1. The SMILES string of the molecule is COc1ccccc1C1NC(Cc2ccc(O)cc2)(C(=O)O)C2C(=O)N(Cc3ccccc3)C(=O)C12. The number of carbonyl (C=O) groups is 3. The minimum absolute atomic E-state index is 0.0480. The Hall–Kier alpha value is -4.17. The van der Waals surface area contributed by atoms with Crippen molar-refractivity contribution in [1.29, 1.82) is 0 Å². The Morgan fingerprint density at radius 3 is 2.28 bits per heavy atom. The molecule has 36 heavy (non-hydrogen) atoms. The molecule has 3 N–H and O–H groups in total. The molecule has 184 valence electrons. The van der Waals surface area contributed by atoms with Gasteiger partial charge in [0.2, 0.25) is 11.8 Å². The number of rotatable bonds is 7. The van der Waals surface area contributed by atoms with Gasteiger partial charge in [-0.15, -0.1) is 0 Å². The molecule has 0 bridgehead atoms. The molecule has 0 aliphatic carbocycles. The minimum atomic E-state index is -1.74. The van der Waals surface area contributed by atoms with Gasteiger partial charge in [0.25, 0.3) is 0 Å². The first-order chi connectivity index (χ1) is 17.4. The van der Waals surface area contributed by atoms with E-state index in [-0.39, 0.29) is 18.7 Å². The summed E-state index contributed by atoms with van der Waals surface area (Å²) < 4.78 is 5.53. The van der Waals surface area contributed by atoms with Gasteiger partial charge in [0.1, 0.15) is 17.0 Å². The van der Waals surface area contributed by atoms with E-state index in [4.69, 9.17) is 4.74 Å². The van der Waals surface area contributed by atoms with E-state index in [1.54, 1.807) is 36.4 Å². The fraction of sp³-hybridized carbons (Fsp3) is 0.250. The van der Waals surface area contributed by atoms with Crippen LogP contribution >= 0.6 is 0 Å². The summed E-state index contributed by atoms with van der Waals surface area (Å²) in [7, 11) is 1.51. The number of amides is 2. The summed E-state index contributed by atoms with van der Waals surface area (Å²) in [5, 5.41) is 23.5. The lowest BCUT2D eigenvalue weighted by atomic mass is 9.76. The Morgan fingerprint density at radius 1 is 0.944 bits per heavy atom. The summed E-state index contributed by atoms with van der Waals surface area (Å²) in [6, 6.07) is 21.7. The Balaban J connectivity index is 1.62. The minimum Gasteiger partial charge on any atom is -0.508 e. The van der Waals surface area contributed by atoms with E-state index in [2.05, 4.69) is 5.32 Å². The van der Waals surface area contributed by atoms with Crippen molar-refractivity contribution in [3.05, 3.63) is 95.6 Å². The Morgan fingerprint density at radius 2 is 1.61 bits per heavy atom. The molecule has 2 amide bonds. The van der Waals surface area contributed by atoms with Crippen molar-refractivity contribution >= 4 is 17.8 Å². The molecule has 2 aliphatic rings. The van der Waals surface area contributed by atoms with Crippen molar-refractivity contribution < 1.29 is 29.3 Å². The van der Waals surface area contributed by atoms with Crippen LogP contribution in [0, 0.1) is 11.8 Å². The number of methoxy groups -OCH3 is 1. The molecule has 2 heterocycles. The maximum absolute atomic E-state index is 13.8. The summed E-state index contributed by atoms with van der Waals surface area (Å²) >= 11 is 0. The van der Waals surface area contributed by atoms with Crippen LogP contribution < -0.4 is 10.1 Å². The molecule has 5 rings (SSSR count). The van der Waals surface area contributed by atoms with Crippen molar-refractivity contribution in [3.63, 3.8) is 0 Å². The number of phenols is 1. The summed E-state index contributed by atoms with van der Waals surface area (Å²) in [5.74, 6) is -3.65. The largest absolute Gasteiger partial charge is 0.508 e. The number of ether oxygens (including phenoxy) is 1. The third-order valence-corrected chi connectivity index (χ3v) is 7.20. The van der Waals surface area contributed by atoms with Gasteiger partial charge in [-0.05, 0) is 29.3 Å². The summed E-state index contributed by atoms with van der Waals surface area (Å²) in [5.41, 5.74) is 0.265. The van der Waals surface area contributed by atoms with Crippen molar-refractivity contribution in [2.75, 3.05) is 7.11 Å². The van der Waals surface area contributed by atoms with Gasteiger partial charge in [-0.25, -0.2) is 0 Å². The fourth-order valence-electron chi connectivity index (χ4n) is 5.55. The van der Waals surface area contributed by atoms with E-state index < -0.39 is 41.2 Å². The number of carbonyl (C=O) groups excluding carboxylic acids is 2. The summed E-state index contributed by atoms with van der Waals surface area (Å²) in [4.78, 5) is 41.8. The van der Waals surface area contributed by atoms with Crippen LogP contribution in [0.25, 0.3) is 0 Å². The normalized spacial score (nSPS) is 25.1. The van der Waals surface area contributed by atoms with Gasteiger partial charge >= 0.3 is 5.97 Å². The second kappa shape index (κ2) is 9.13. The number of nitrogens with one attached hydrogen (secondary N) is 1. The molecular formula is C28H26N2O6. The standard InChI is InChI=1S/C28H26N2O6/c1-36-21-10-6-5-9-20(21)24-22-23(26(33)30(25(22)32)16-18-7-3-2-4-8-18)28(29-24,27(34)35)15-17-11-13-19(31)14-12-17/h2-14,22-24,29,31H,15-16H2,1H3,(H,34,35). The number of aliphatic carboxylic acids is 1. The second-order valence-electron chi connectivity index (χ2n) is 9.24. The van der Waals surface area contributed by atoms with Crippen LogP contribution in [0.2, 0.25) is 0 Å². The number of phenolic OH excluding ortho intramolecular Hbond substituents is 1. The van der Waals surface area contributed by atoms with E-state index in [0.717, 1.165) is 5.56 Å². The van der Waals surface area contributed by atoms with E-state index >= 15 is 0 Å². The Kier molecular flexibility index (Phi) is 5.97. The first-order valence-electron chi connectivity index (χ1n) is 11.7. The van der Waals surface area contributed by atoms with Crippen molar-refractivity contribution in [3.8, 4) is 11.5 Å². The predicted molar refractivity (Wildman–Crippen MR) is 130 cm³/mol. The highest BCUT2D eigenvalue weighted by atomic mass is 16.5. The third kappa shape index (κ3) is 3.79. The van der Waals surface area contributed by atoms with Crippen molar-refractivity contribution in [1.82, 2.24) is 10.2 Å². The Bertz CT molecular complexity index is 1310. The molecule has 4 atom stereocenters. The zero-order chi connectivity index (χ0) is 25.4. The molecule has 2 fully saturated rings. The molecule has 2 aliphatic heterocycles. The van der Waals surface area contributed by atoms with Crippen molar-refractivity contribution in [2.45, 2.75) is 24.5 Å². The van der Waals surface area contributed by atoms with E-state index in [0.29, 0.717) is 16.9 Å². The highest BCUT2D eigenvalue weighted by Crippen LogP contribution is 2.51. The van der Waals surface area contributed by atoms with Gasteiger partial charge in [0.05, 0.1) is 25.5 Å². The number of benzene rings is 3. The average Bonchev–Trinajstić information content (AvgIpc) is 3.36. The molecule has 0 spiro atoms. The molecule has 4 unspecified atom stereocenters. The molecule has 3 aromatic carbocycles. The van der Waals surface area contributed by atoms with E-state index in [9.17, 15) is 24.6 Å². The van der Waals surface area contributed by atoms with Gasteiger partial charge in [0, 0.05) is 18.0 Å². The zero-order valence-corrected chi connectivity index (χ0v) is 19.6. The topological polar surface area (TPSA) is 116 Å². The van der Waals surface area contributed by atoms with Gasteiger partial charge in [-0.3, -0.25) is 24.6 Å². The smallest absolute Gasteiger partial charge is 0.325 e. The second-order valence-corrected chi connectivity index (χ2v) is 9.24. The lowest BCUT2D eigenvalue weighted by Gasteiger charge is -2.31. The molecule has 8 heteroatoms. The Labute approximate surface area is 208 Å². The maximum atomic E-state index is 13.8. The summed E-state index contributed by atoms with van der Waals surface area (Å²) in [6.45, 7) is 0.0685. The molecular weight excluding hydrogens is 460 g/mol. The van der Waals surface area contributed by atoms with Crippen LogP contribution in [0.3, 0.4) is 0 Å². The molecule has 8 nitrogen and oxygen atoms in total. The number of likely N-dealkylation sites (tertiary alicyclic amines) is 1. The van der Waals surface area contributed by atoms with Gasteiger partial charge in [-0.2, -0.15) is 0 Å². The lowest BCUT2D eigenvalue weighted by molar-refractivity contribution is -0.151. The number of hydrogen-bond acceptors (Lipinski definition) is 6. The highest BCUT2D eigenvalue weighted by molar-refractivity contribution is 6.09. The summed E-state index contributed by atoms with van der Waals surface area (Å²) in [6.07, 6.45) is -0.0480. The van der Waals surface area contributed by atoms with Crippen LogP contribution in [0.4, 0.5) is 0 Å². The first-order valence-corrected chi connectivity index (χ1v) is 11.7. The maximum Gasteiger partial charge on any atom is 0.325 e. The number of para-hydroxylation sites is 1. The number of aromatic hydroxyl groups is 1. The molecule has 3 aromatic rings. The quantitative estimate of drug-likeness (QED) is 0.440. The van der Waals surface area contributed by atoms with E-state index in [1.165, 1.54) is 24.1 Å². The molecule has 0 saturated carbocycles. The van der Waals surface area contributed by atoms with Crippen LogP contribution in [-0.2, 0) is 27.3 Å². The predicted octanol–water partition coefficient (Wildman–Crippen LogP) is 2.91. The average molecular weight is 487 g/mol. The van der Waals surface area contributed by atoms with E-state index in [1.807, 2.05) is 30.3 Å². The van der Waals surface area contributed by atoms with Crippen LogP contribution in [0.1, 0.15) is 22.7 Å². The zero-order valence-electron chi connectivity index (χ0n) is 19.6. The van der Waals surface area contributed by atoms with Crippen LogP contribution in [-0.4, -0.2) is 45.5 Å².